The van der Waals surface area contributed by atoms with Crippen LogP contribution in [0.2, 0.25) is 0 Å². The van der Waals surface area contributed by atoms with Crippen LogP contribution in [0.15, 0.2) is 53.7 Å². The number of carboxylic acids is 1. The maximum atomic E-state index is 12.8. The molecular formula is C28H33NO7. The molecule has 192 valence electrons. The van der Waals surface area contributed by atoms with E-state index in [-0.39, 0.29) is 42.5 Å². The highest BCUT2D eigenvalue weighted by Crippen LogP contribution is 2.23. The Morgan fingerprint density at radius 3 is 1.56 bits per heavy atom. The lowest BCUT2D eigenvalue weighted by atomic mass is 9.86. The van der Waals surface area contributed by atoms with E-state index < -0.39 is 22.8 Å². The number of aliphatic carboxylic acids is 1. The van der Waals surface area contributed by atoms with E-state index >= 15 is 0 Å². The third kappa shape index (κ3) is 8.15. The summed E-state index contributed by atoms with van der Waals surface area (Å²) in [6, 6.07) is 12.5. The number of carbonyl (C=O) groups is 4. The minimum atomic E-state index is -0.957. The molecule has 0 radical (unpaired) electrons. The summed E-state index contributed by atoms with van der Waals surface area (Å²) in [7, 11) is 0. The smallest absolute Gasteiger partial charge is 0.344 e. The molecule has 0 unspecified atom stereocenters. The third-order valence-electron chi connectivity index (χ3n) is 5.10. The fourth-order valence-electron chi connectivity index (χ4n) is 3.06. The van der Waals surface area contributed by atoms with Gasteiger partial charge in [0, 0.05) is 33.9 Å². The molecule has 1 N–H and O–H groups in total. The lowest BCUT2D eigenvalue weighted by molar-refractivity contribution is -0.137. The van der Waals surface area contributed by atoms with Crippen molar-refractivity contribution in [2.75, 3.05) is 6.61 Å². The molecule has 0 saturated heterocycles. The standard InChI is InChI=1S/C28H33NO7/c1-27(2,3)23(32)18-9-13-20(14-10-18)25(29-35-17-7-8-22(30)31)36-26(34)21-15-11-19(12-16-21)24(33)28(4,5)6/h9-16H,7-8,17H2,1-6H3,(H,30,31). The van der Waals surface area contributed by atoms with Gasteiger partial charge in [-0.05, 0) is 35.8 Å². The van der Waals surface area contributed by atoms with Crippen molar-refractivity contribution in [3.63, 3.8) is 0 Å². The Morgan fingerprint density at radius 1 is 0.722 bits per heavy atom. The van der Waals surface area contributed by atoms with E-state index in [4.69, 9.17) is 14.7 Å². The molecule has 0 amide bonds. The van der Waals surface area contributed by atoms with Crippen LogP contribution in [-0.2, 0) is 14.4 Å². The number of carbonyl (C=O) groups excluding carboxylic acids is 3. The van der Waals surface area contributed by atoms with Gasteiger partial charge in [-0.25, -0.2) is 4.79 Å². The van der Waals surface area contributed by atoms with Crippen molar-refractivity contribution in [3.8, 4) is 0 Å². The third-order valence-corrected chi connectivity index (χ3v) is 5.10. The maximum absolute atomic E-state index is 12.8. The molecule has 2 aromatic carbocycles. The zero-order chi connectivity index (χ0) is 27.1. The Hall–Kier alpha value is -3.81. The first-order chi connectivity index (χ1) is 16.7. The molecular weight excluding hydrogens is 462 g/mol. The predicted octanol–water partition coefficient (Wildman–Crippen LogP) is 5.54. The van der Waals surface area contributed by atoms with E-state index in [1.54, 1.807) is 36.4 Å². The monoisotopic (exact) mass is 495 g/mol. The highest BCUT2D eigenvalue weighted by atomic mass is 16.7. The fourth-order valence-corrected chi connectivity index (χ4v) is 3.06. The molecule has 8 nitrogen and oxygen atoms in total. The summed E-state index contributed by atoms with van der Waals surface area (Å²) in [5.74, 6) is -1.90. The van der Waals surface area contributed by atoms with E-state index in [0.29, 0.717) is 16.7 Å². The van der Waals surface area contributed by atoms with E-state index in [1.165, 1.54) is 12.1 Å². The number of ether oxygens (including phenoxy) is 1. The largest absolute Gasteiger partial charge is 0.481 e. The van der Waals surface area contributed by atoms with Gasteiger partial charge in [-0.2, -0.15) is 0 Å². The second kappa shape index (κ2) is 11.7. The quantitative estimate of drug-likeness (QED) is 0.121. The first kappa shape index (κ1) is 28.4. The van der Waals surface area contributed by atoms with Gasteiger partial charge in [-0.3, -0.25) is 14.4 Å². The molecule has 8 heteroatoms. The first-order valence-corrected chi connectivity index (χ1v) is 11.6. The zero-order valence-corrected chi connectivity index (χ0v) is 21.6. The average Bonchev–Trinajstić information content (AvgIpc) is 2.81. The molecule has 0 aliphatic heterocycles. The molecule has 2 aromatic rings. The van der Waals surface area contributed by atoms with Gasteiger partial charge in [-0.1, -0.05) is 65.8 Å². The summed E-state index contributed by atoms with van der Waals surface area (Å²) in [5.41, 5.74) is 0.469. The molecule has 36 heavy (non-hydrogen) atoms. The number of hydrogen-bond acceptors (Lipinski definition) is 7. The number of carboxylic acid groups (broad SMARTS) is 1. The maximum Gasteiger partial charge on any atom is 0.344 e. The minimum absolute atomic E-state index is 0.0115. The normalized spacial score (nSPS) is 12.1. The summed E-state index contributed by atoms with van der Waals surface area (Å²) in [6.45, 7) is 10.9. The van der Waals surface area contributed by atoms with Crippen LogP contribution >= 0.6 is 0 Å². The molecule has 0 atom stereocenters. The lowest BCUT2D eigenvalue weighted by Gasteiger charge is -2.17. The van der Waals surface area contributed by atoms with Gasteiger partial charge in [0.05, 0.1) is 5.56 Å². The number of ketones is 2. The second-order valence-corrected chi connectivity index (χ2v) is 10.4. The van der Waals surface area contributed by atoms with Gasteiger partial charge >= 0.3 is 11.9 Å². The Morgan fingerprint density at radius 2 is 1.14 bits per heavy atom. The SMILES string of the molecule is CC(C)(C)C(=O)c1ccc(C(=O)OC(=NOCCCC(=O)O)c2ccc(C(=O)C(C)(C)C)cc2)cc1. The van der Waals surface area contributed by atoms with Crippen molar-refractivity contribution in [1.82, 2.24) is 0 Å². The van der Waals surface area contributed by atoms with Crippen LogP contribution in [0.5, 0.6) is 0 Å². The van der Waals surface area contributed by atoms with Crippen LogP contribution in [0.25, 0.3) is 0 Å². The Balaban J connectivity index is 2.25. The predicted molar refractivity (Wildman–Crippen MR) is 135 cm³/mol. The van der Waals surface area contributed by atoms with Gasteiger partial charge in [0.1, 0.15) is 6.61 Å². The Kier molecular flexibility index (Phi) is 9.28. The van der Waals surface area contributed by atoms with E-state index in [9.17, 15) is 19.2 Å². The van der Waals surface area contributed by atoms with E-state index in [0.717, 1.165) is 0 Å². The second-order valence-electron chi connectivity index (χ2n) is 10.4. The van der Waals surface area contributed by atoms with Gasteiger partial charge in [-0.15, -0.1) is 0 Å². The average molecular weight is 496 g/mol. The summed E-state index contributed by atoms with van der Waals surface area (Å²) in [6.07, 6.45) is 0.135. The summed E-state index contributed by atoms with van der Waals surface area (Å²) < 4.78 is 5.49. The van der Waals surface area contributed by atoms with Crippen LogP contribution < -0.4 is 0 Å². The molecule has 0 fully saturated rings. The summed E-state index contributed by atoms with van der Waals surface area (Å²) in [4.78, 5) is 53.7. The van der Waals surface area contributed by atoms with Crippen molar-refractivity contribution < 1.29 is 33.9 Å². The van der Waals surface area contributed by atoms with Crippen molar-refractivity contribution in [3.05, 3.63) is 70.8 Å². The van der Waals surface area contributed by atoms with Crippen LogP contribution in [0.1, 0.15) is 91.0 Å². The molecule has 0 heterocycles. The number of hydrogen-bond donors (Lipinski definition) is 1. The highest BCUT2D eigenvalue weighted by Gasteiger charge is 2.24. The lowest BCUT2D eigenvalue weighted by Crippen LogP contribution is -2.21. The number of benzene rings is 2. The van der Waals surface area contributed by atoms with Crippen LogP contribution in [0.3, 0.4) is 0 Å². The summed E-state index contributed by atoms with van der Waals surface area (Å²) in [5, 5.41) is 12.7. The van der Waals surface area contributed by atoms with E-state index in [1.807, 2.05) is 41.5 Å². The molecule has 2 rings (SSSR count). The van der Waals surface area contributed by atoms with Crippen LogP contribution in [-0.4, -0.2) is 41.1 Å². The van der Waals surface area contributed by atoms with Gasteiger partial charge in [0.25, 0.3) is 5.90 Å². The number of nitrogens with zero attached hydrogens (tertiary/aromatic N) is 1. The van der Waals surface area contributed by atoms with Gasteiger partial charge in [0.15, 0.2) is 11.6 Å². The summed E-state index contributed by atoms with van der Waals surface area (Å²) >= 11 is 0. The van der Waals surface area contributed by atoms with Crippen molar-refractivity contribution in [1.29, 1.82) is 0 Å². The molecule has 0 aromatic heterocycles. The van der Waals surface area contributed by atoms with Gasteiger partial charge in [0.2, 0.25) is 0 Å². The molecule has 0 aliphatic rings. The topological polar surface area (TPSA) is 119 Å². The number of oxime groups is 1. The van der Waals surface area contributed by atoms with Gasteiger partial charge < -0.3 is 14.7 Å². The molecule has 0 saturated carbocycles. The van der Waals surface area contributed by atoms with E-state index in [2.05, 4.69) is 5.16 Å². The highest BCUT2D eigenvalue weighted by molar-refractivity contribution is 6.06. The first-order valence-electron chi connectivity index (χ1n) is 11.6. The molecule has 0 aliphatic carbocycles. The van der Waals surface area contributed by atoms with Crippen LogP contribution in [0, 0.1) is 10.8 Å². The zero-order valence-electron chi connectivity index (χ0n) is 21.6. The van der Waals surface area contributed by atoms with Crippen molar-refractivity contribution in [2.45, 2.75) is 54.4 Å². The number of Topliss-reactive ketones (excluding diaryl/α,β-unsaturated/α-hetero) is 2. The minimum Gasteiger partial charge on any atom is -0.481 e. The Labute approximate surface area is 211 Å². The fraction of sp³-hybridized carbons (Fsp3) is 0.393. The number of esters is 1. The molecule has 0 bridgehead atoms. The van der Waals surface area contributed by atoms with Crippen molar-refractivity contribution >= 4 is 29.4 Å². The number of rotatable bonds is 9. The Bertz CT molecular complexity index is 1130. The molecule has 0 spiro atoms. The van der Waals surface area contributed by atoms with Crippen molar-refractivity contribution in [2.24, 2.45) is 16.0 Å². The van der Waals surface area contributed by atoms with Crippen LogP contribution in [0.4, 0.5) is 0 Å².